The summed E-state index contributed by atoms with van der Waals surface area (Å²) in [5.41, 5.74) is 4.37. The SMILES string of the molecule is Cc1ccc(-c2csc3ncnc(Oc4ccc(CC#N)cc4)c23)cc1. The summed E-state index contributed by atoms with van der Waals surface area (Å²) in [6.07, 6.45) is 1.91. The number of ether oxygens (including phenoxy) is 1. The highest BCUT2D eigenvalue weighted by molar-refractivity contribution is 7.17. The third kappa shape index (κ3) is 3.15. The molecule has 126 valence electrons. The van der Waals surface area contributed by atoms with Crippen molar-refractivity contribution in [2.45, 2.75) is 13.3 Å². The van der Waals surface area contributed by atoms with Crippen molar-refractivity contribution in [3.63, 3.8) is 0 Å². The van der Waals surface area contributed by atoms with Crippen LogP contribution in [0.3, 0.4) is 0 Å². The number of nitriles is 1. The van der Waals surface area contributed by atoms with Crippen molar-refractivity contribution in [3.05, 3.63) is 71.4 Å². The molecular weight excluding hydrogens is 342 g/mol. The minimum atomic E-state index is 0.389. The molecule has 2 aromatic heterocycles. The minimum Gasteiger partial charge on any atom is -0.438 e. The Morgan fingerprint density at radius 1 is 1.04 bits per heavy atom. The normalized spacial score (nSPS) is 10.6. The van der Waals surface area contributed by atoms with E-state index >= 15 is 0 Å². The Labute approximate surface area is 155 Å². The molecule has 5 heteroatoms. The van der Waals surface area contributed by atoms with E-state index in [-0.39, 0.29) is 0 Å². The van der Waals surface area contributed by atoms with Gasteiger partial charge >= 0.3 is 0 Å². The zero-order valence-corrected chi connectivity index (χ0v) is 15.0. The van der Waals surface area contributed by atoms with Gasteiger partial charge in [-0.15, -0.1) is 11.3 Å². The first-order valence-electron chi connectivity index (χ1n) is 8.17. The van der Waals surface area contributed by atoms with Crippen LogP contribution < -0.4 is 4.74 Å². The molecule has 0 aliphatic carbocycles. The van der Waals surface area contributed by atoms with Crippen LogP contribution in [0.1, 0.15) is 11.1 Å². The third-order valence-corrected chi connectivity index (χ3v) is 5.01. The molecular formula is C21H15N3OS. The summed E-state index contributed by atoms with van der Waals surface area (Å²) in [6.45, 7) is 2.07. The van der Waals surface area contributed by atoms with E-state index in [1.165, 1.54) is 11.9 Å². The van der Waals surface area contributed by atoms with E-state index in [9.17, 15) is 0 Å². The summed E-state index contributed by atoms with van der Waals surface area (Å²) in [5, 5.41) is 11.8. The maximum absolute atomic E-state index is 8.78. The Hall–Kier alpha value is -3.23. The van der Waals surface area contributed by atoms with Crippen LogP contribution in [0.5, 0.6) is 11.6 Å². The fourth-order valence-electron chi connectivity index (χ4n) is 2.75. The summed E-state index contributed by atoms with van der Waals surface area (Å²) < 4.78 is 6.04. The van der Waals surface area contributed by atoms with Crippen molar-refractivity contribution in [2.24, 2.45) is 0 Å². The van der Waals surface area contributed by atoms with Gasteiger partial charge in [-0.2, -0.15) is 5.26 Å². The van der Waals surface area contributed by atoms with Crippen LogP contribution in [-0.2, 0) is 6.42 Å². The minimum absolute atomic E-state index is 0.389. The lowest BCUT2D eigenvalue weighted by atomic mass is 10.0. The van der Waals surface area contributed by atoms with Gasteiger partial charge < -0.3 is 4.74 Å². The molecule has 0 aliphatic heterocycles. The third-order valence-electron chi connectivity index (χ3n) is 4.12. The molecule has 0 radical (unpaired) electrons. The monoisotopic (exact) mass is 357 g/mol. The fraction of sp³-hybridized carbons (Fsp3) is 0.0952. The van der Waals surface area contributed by atoms with Crippen LogP contribution in [0.25, 0.3) is 21.3 Å². The fourth-order valence-corrected chi connectivity index (χ4v) is 3.66. The molecule has 2 aromatic carbocycles. The van der Waals surface area contributed by atoms with E-state index in [0.717, 1.165) is 26.9 Å². The Morgan fingerprint density at radius 2 is 1.81 bits per heavy atom. The van der Waals surface area contributed by atoms with Gasteiger partial charge in [-0.1, -0.05) is 42.0 Å². The van der Waals surface area contributed by atoms with Crippen molar-refractivity contribution in [3.8, 4) is 28.8 Å². The second-order valence-electron chi connectivity index (χ2n) is 5.96. The van der Waals surface area contributed by atoms with E-state index in [0.29, 0.717) is 18.1 Å². The highest BCUT2D eigenvalue weighted by atomic mass is 32.1. The number of rotatable bonds is 4. The Balaban J connectivity index is 1.74. The zero-order chi connectivity index (χ0) is 17.9. The van der Waals surface area contributed by atoms with Crippen molar-refractivity contribution in [1.82, 2.24) is 9.97 Å². The first-order chi connectivity index (χ1) is 12.7. The van der Waals surface area contributed by atoms with Crippen LogP contribution in [0, 0.1) is 18.3 Å². The molecule has 4 rings (SSSR count). The van der Waals surface area contributed by atoms with Crippen molar-refractivity contribution >= 4 is 21.6 Å². The van der Waals surface area contributed by atoms with Gasteiger partial charge in [0, 0.05) is 10.9 Å². The summed E-state index contributed by atoms with van der Waals surface area (Å²) in [7, 11) is 0. The molecule has 4 aromatic rings. The van der Waals surface area contributed by atoms with Crippen LogP contribution in [0.2, 0.25) is 0 Å². The van der Waals surface area contributed by atoms with Gasteiger partial charge in [-0.25, -0.2) is 9.97 Å². The number of hydrogen-bond donors (Lipinski definition) is 0. The smallest absolute Gasteiger partial charge is 0.231 e. The van der Waals surface area contributed by atoms with E-state index in [4.69, 9.17) is 10.00 Å². The highest BCUT2D eigenvalue weighted by Crippen LogP contribution is 2.38. The van der Waals surface area contributed by atoms with Crippen molar-refractivity contribution in [2.75, 3.05) is 0 Å². The van der Waals surface area contributed by atoms with Gasteiger partial charge in [0.05, 0.1) is 17.9 Å². The first kappa shape index (κ1) is 16.2. The van der Waals surface area contributed by atoms with Crippen LogP contribution in [-0.4, -0.2) is 9.97 Å². The van der Waals surface area contributed by atoms with E-state index < -0.39 is 0 Å². The first-order valence-corrected chi connectivity index (χ1v) is 9.05. The maximum Gasteiger partial charge on any atom is 0.231 e. The van der Waals surface area contributed by atoms with Gasteiger partial charge in [0.1, 0.15) is 16.9 Å². The molecule has 0 aliphatic rings. The van der Waals surface area contributed by atoms with Gasteiger partial charge in [-0.3, -0.25) is 0 Å². The predicted octanol–water partition coefficient (Wildman–Crippen LogP) is 5.53. The molecule has 26 heavy (non-hydrogen) atoms. The molecule has 4 nitrogen and oxygen atoms in total. The molecule has 0 bridgehead atoms. The lowest BCUT2D eigenvalue weighted by molar-refractivity contribution is 0.468. The number of aromatic nitrogens is 2. The Bertz CT molecular complexity index is 1090. The highest BCUT2D eigenvalue weighted by Gasteiger charge is 2.14. The van der Waals surface area contributed by atoms with E-state index in [1.807, 2.05) is 24.3 Å². The Morgan fingerprint density at radius 3 is 2.54 bits per heavy atom. The second kappa shape index (κ2) is 6.95. The topological polar surface area (TPSA) is 58.8 Å². The quantitative estimate of drug-likeness (QED) is 0.482. The predicted molar refractivity (Wildman–Crippen MR) is 103 cm³/mol. The average molecular weight is 357 g/mol. The van der Waals surface area contributed by atoms with Gasteiger partial charge in [0.15, 0.2) is 0 Å². The Kier molecular flexibility index (Phi) is 4.34. The molecule has 2 heterocycles. The van der Waals surface area contributed by atoms with Crippen LogP contribution in [0.15, 0.2) is 60.2 Å². The molecule has 0 saturated heterocycles. The molecule has 0 saturated carbocycles. The molecule has 0 unspecified atom stereocenters. The second-order valence-corrected chi connectivity index (χ2v) is 6.81. The standard InChI is InChI=1S/C21H15N3OS/c1-14-2-6-16(7-3-14)18-12-26-21-19(18)20(23-13-24-21)25-17-8-4-15(5-9-17)10-11-22/h2-9,12-13H,10H2,1H3. The summed E-state index contributed by atoms with van der Waals surface area (Å²) >= 11 is 1.58. The van der Waals surface area contributed by atoms with Gasteiger partial charge in [0.2, 0.25) is 5.88 Å². The lowest BCUT2D eigenvalue weighted by Crippen LogP contribution is -1.91. The number of benzene rings is 2. The number of hydrogen-bond acceptors (Lipinski definition) is 5. The molecule has 0 N–H and O–H groups in total. The van der Waals surface area contributed by atoms with E-state index in [2.05, 4.69) is 52.6 Å². The molecule has 0 amide bonds. The zero-order valence-electron chi connectivity index (χ0n) is 14.1. The lowest BCUT2D eigenvalue weighted by Gasteiger charge is -2.08. The maximum atomic E-state index is 8.78. The average Bonchev–Trinajstić information content (AvgIpc) is 3.09. The summed E-state index contributed by atoms with van der Waals surface area (Å²) in [5.74, 6) is 1.23. The number of nitrogens with zero attached hydrogens (tertiary/aromatic N) is 3. The molecule has 0 spiro atoms. The largest absolute Gasteiger partial charge is 0.438 e. The van der Waals surface area contributed by atoms with Crippen molar-refractivity contribution in [1.29, 1.82) is 5.26 Å². The number of fused-ring (bicyclic) bond motifs is 1. The number of thiophene rings is 1. The summed E-state index contributed by atoms with van der Waals surface area (Å²) in [4.78, 5) is 9.63. The molecule has 0 fully saturated rings. The van der Waals surface area contributed by atoms with Crippen LogP contribution >= 0.6 is 11.3 Å². The number of aryl methyl sites for hydroxylation is 1. The van der Waals surface area contributed by atoms with Crippen molar-refractivity contribution < 1.29 is 4.74 Å². The van der Waals surface area contributed by atoms with Crippen LogP contribution in [0.4, 0.5) is 0 Å². The van der Waals surface area contributed by atoms with Gasteiger partial charge in [0.25, 0.3) is 0 Å². The van der Waals surface area contributed by atoms with E-state index in [1.54, 1.807) is 11.3 Å². The van der Waals surface area contributed by atoms with Gasteiger partial charge in [-0.05, 0) is 30.2 Å². The molecule has 0 atom stereocenters. The summed E-state index contributed by atoms with van der Waals surface area (Å²) in [6, 6.07) is 18.0.